The van der Waals surface area contributed by atoms with E-state index in [1.54, 1.807) is 0 Å². The molecule has 5 nitrogen and oxygen atoms in total. The fourth-order valence-corrected chi connectivity index (χ4v) is 3.11. The van der Waals surface area contributed by atoms with Gasteiger partial charge in [0.15, 0.2) is 5.96 Å². The van der Waals surface area contributed by atoms with Crippen LogP contribution in [-0.2, 0) is 11.2 Å². The molecule has 154 valence electrons. The van der Waals surface area contributed by atoms with Crippen LogP contribution in [0.1, 0.15) is 46.1 Å². The largest absolute Gasteiger partial charge is 0.381 e. The number of guanidine groups is 1. The number of hydrogen-bond donors (Lipinski definition) is 2. The molecule has 2 N–H and O–H groups in total. The number of aliphatic imine (C=N–C) groups is 1. The van der Waals surface area contributed by atoms with Gasteiger partial charge in [0, 0.05) is 45.4 Å². The average molecular weight is 377 g/mol. The number of nitrogens with one attached hydrogen (secondary N) is 2. The molecule has 0 spiro atoms. The number of ether oxygens (including phenoxy) is 1. The second-order valence-corrected chi connectivity index (χ2v) is 7.41. The van der Waals surface area contributed by atoms with E-state index in [9.17, 15) is 0 Å². The summed E-state index contributed by atoms with van der Waals surface area (Å²) in [6.45, 7) is 13.4. The molecule has 0 aliphatic carbocycles. The Bertz CT molecular complexity index is 494. The molecule has 0 saturated heterocycles. The predicted octanol–water partition coefficient (Wildman–Crippen LogP) is 3.31. The molecule has 0 radical (unpaired) electrons. The van der Waals surface area contributed by atoms with Gasteiger partial charge in [0.25, 0.3) is 0 Å². The van der Waals surface area contributed by atoms with Gasteiger partial charge in [-0.1, -0.05) is 30.3 Å². The third-order valence-corrected chi connectivity index (χ3v) is 4.60. The molecule has 0 aromatic heterocycles. The monoisotopic (exact) mass is 376 g/mol. The zero-order valence-corrected chi connectivity index (χ0v) is 18.0. The summed E-state index contributed by atoms with van der Waals surface area (Å²) in [7, 11) is 1.82. The van der Waals surface area contributed by atoms with Crippen LogP contribution in [-0.4, -0.2) is 62.8 Å². The van der Waals surface area contributed by atoms with Crippen LogP contribution in [0.3, 0.4) is 0 Å². The first-order chi connectivity index (χ1) is 13.0. The molecule has 1 aromatic rings. The van der Waals surface area contributed by atoms with Crippen LogP contribution in [0.4, 0.5) is 0 Å². The van der Waals surface area contributed by atoms with E-state index < -0.39 is 0 Å². The van der Waals surface area contributed by atoms with Gasteiger partial charge in [0.05, 0.1) is 6.61 Å². The van der Waals surface area contributed by atoms with Crippen LogP contribution >= 0.6 is 0 Å². The van der Waals surface area contributed by atoms with Crippen molar-refractivity contribution >= 4 is 5.96 Å². The van der Waals surface area contributed by atoms with E-state index in [4.69, 9.17) is 4.74 Å². The maximum Gasteiger partial charge on any atom is 0.191 e. The molecule has 0 aliphatic heterocycles. The van der Waals surface area contributed by atoms with Crippen molar-refractivity contribution in [1.29, 1.82) is 0 Å². The second-order valence-electron chi connectivity index (χ2n) is 7.41. The third kappa shape index (κ3) is 11.0. The number of unbranched alkanes of at least 4 members (excludes halogenated alkanes) is 1. The summed E-state index contributed by atoms with van der Waals surface area (Å²) in [5.74, 6) is 0.882. The van der Waals surface area contributed by atoms with Gasteiger partial charge in [-0.3, -0.25) is 9.89 Å². The van der Waals surface area contributed by atoms with Crippen molar-refractivity contribution in [2.75, 3.05) is 39.9 Å². The van der Waals surface area contributed by atoms with Gasteiger partial charge in [0.2, 0.25) is 0 Å². The van der Waals surface area contributed by atoms with Crippen molar-refractivity contribution in [1.82, 2.24) is 15.5 Å². The number of benzene rings is 1. The first-order valence-electron chi connectivity index (χ1n) is 10.4. The van der Waals surface area contributed by atoms with Crippen LogP contribution in [0.25, 0.3) is 0 Å². The Morgan fingerprint density at radius 1 is 0.963 bits per heavy atom. The van der Waals surface area contributed by atoms with Gasteiger partial charge >= 0.3 is 0 Å². The summed E-state index contributed by atoms with van der Waals surface area (Å²) in [6.07, 6.45) is 3.13. The van der Waals surface area contributed by atoms with E-state index in [0.717, 1.165) is 58.1 Å². The molecular formula is C22H40N4O. The Balaban J connectivity index is 2.03. The zero-order chi connectivity index (χ0) is 19.9. The maximum atomic E-state index is 5.73. The molecule has 0 heterocycles. The first-order valence-corrected chi connectivity index (χ1v) is 10.4. The van der Waals surface area contributed by atoms with Crippen LogP contribution in [0.15, 0.2) is 35.3 Å². The molecule has 1 aromatic carbocycles. The van der Waals surface area contributed by atoms with Crippen molar-refractivity contribution in [2.45, 2.75) is 59.0 Å². The highest BCUT2D eigenvalue weighted by Gasteiger charge is 2.12. The summed E-state index contributed by atoms with van der Waals surface area (Å²) >= 11 is 0. The summed E-state index contributed by atoms with van der Waals surface area (Å²) < 4.78 is 5.73. The van der Waals surface area contributed by atoms with Gasteiger partial charge < -0.3 is 15.4 Å². The Hall–Kier alpha value is -1.59. The first kappa shape index (κ1) is 23.4. The minimum absolute atomic E-state index is 0.559. The standard InChI is InChI=1S/C22H40N4O/c1-19(2)26(20(3)4)16-15-25-22(23-5)24-14-9-10-17-27-18-13-21-11-7-6-8-12-21/h6-8,11-12,19-20H,9-10,13-18H2,1-5H3,(H2,23,24,25). The maximum absolute atomic E-state index is 5.73. The molecule has 27 heavy (non-hydrogen) atoms. The fraction of sp³-hybridized carbons (Fsp3) is 0.682. The van der Waals surface area contributed by atoms with E-state index in [1.165, 1.54) is 5.56 Å². The smallest absolute Gasteiger partial charge is 0.191 e. The highest BCUT2D eigenvalue weighted by atomic mass is 16.5. The van der Waals surface area contributed by atoms with Crippen LogP contribution < -0.4 is 10.6 Å². The number of hydrogen-bond acceptors (Lipinski definition) is 3. The molecule has 1 rings (SSSR count). The Labute approximate surface area is 166 Å². The van der Waals surface area contributed by atoms with Crippen LogP contribution in [0.5, 0.6) is 0 Å². The van der Waals surface area contributed by atoms with E-state index >= 15 is 0 Å². The van der Waals surface area contributed by atoms with Gasteiger partial charge in [-0.25, -0.2) is 0 Å². The minimum Gasteiger partial charge on any atom is -0.381 e. The predicted molar refractivity (Wildman–Crippen MR) is 117 cm³/mol. The minimum atomic E-state index is 0.559. The molecule has 0 saturated carbocycles. The van der Waals surface area contributed by atoms with Crippen LogP contribution in [0.2, 0.25) is 0 Å². The summed E-state index contributed by atoms with van der Waals surface area (Å²) in [5, 5.41) is 6.79. The number of nitrogens with zero attached hydrogens (tertiary/aromatic N) is 2. The third-order valence-electron chi connectivity index (χ3n) is 4.60. The molecule has 5 heteroatoms. The van der Waals surface area contributed by atoms with Crippen LogP contribution in [0, 0.1) is 0 Å². The Kier molecular flexibility index (Phi) is 12.6. The molecule has 0 fully saturated rings. The number of rotatable bonds is 13. The van der Waals surface area contributed by atoms with E-state index in [2.05, 4.69) is 72.5 Å². The quantitative estimate of drug-likeness (QED) is 0.315. The molecular weight excluding hydrogens is 336 g/mol. The van der Waals surface area contributed by atoms with Gasteiger partial charge in [-0.2, -0.15) is 0 Å². The van der Waals surface area contributed by atoms with Gasteiger partial charge in [0.1, 0.15) is 0 Å². The Morgan fingerprint density at radius 2 is 1.63 bits per heavy atom. The Morgan fingerprint density at radius 3 is 2.26 bits per heavy atom. The average Bonchev–Trinajstić information content (AvgIpc) is 2.65. The molecule has 0 aliphatic rings. The SMILES string of the molecule is CN=C(NCCCCOCCc1ccccc1)NCCN(C(C)C)C(C)C. The van der Waals surface area contributed by atoms with Crippen molar-refractivity contribution in [3.05, 3.63) is 35.9 Å². The lowest BCUT2D eigenvalue weighted by atomic mass is 10.2. The zero-order valence-electron chi connectivity index (χ0n) is 18.0. The molecule has 0 bridgehead atoms. The highest BCUT2D eigenvalue weighted by Crippen LogP contribution is 2.03. The lowest BCUT2D eigenvalue weighted by molar-refractivity contribution is 0.133. The molecule has 0 atom stereocenters. The van der Waals surface area contributed by atoms with Gasteiger partial charge in [-0.05, 0) is 52.5 Å². The molecule has 0 unspecified atom stereocenters. The van der Waals surface area contributed by atoms with E-state index in [1.807, 2.05) is 13.1 Å². The van der Waals surface area contributed by atoms with Crippen molar-refractivity contribution in [2.24, 2.45) is 4.99 Å². The lowest BCUT2D eigenvalue weighted by Gasteiger charge is -2.30. The molecule has 0 amide bonds. The summed E-state index contributed by atoms with van der Waals surface area (Å²) in [5.41, 5.74) is 1.34. The van der Waals surface area contributed by atoms with Crippen molar-refractivity contribution in [3.63, 3.8) is 0 Å². The topological polar surface area (TPSA) is 48.9 Å². The summed E-state index contributed by atoms with van der Waals surface area (Å²) in [4.78, 5) is 6.78. The van der Waals surface area contributed by atoms with Crippen molar-refractivity contribution in [3.8, 4) is 0 Å². The van der Waals surface area contributed by atoms with Crippen molar-refractivity contribution < 1.29 is 4.74 Å². The fourth-order valence-electron chi connectivity index (χ4n) is 3.11. The van der Waals surface area contributed by atoms with E-state index in [0.29, 0.717) is 12.1 Å². The highest BCUT2D eigenvalue weighted by molar-refractivity contribution is 5.79. The lowest BCUT2D eigenvalue weighted by Crippen LogP contribution is -2.45. The second kappa shape index (κ2) is 14.5. The van der Waals surface area contributed by atoms with E-state index in [-0.39, 0.29) is 0 Å². The normalized spacial score (nSPS) is 12.2. The van der Waals surface area contributed by atoms with Gasteiger partial charge in [-0.15, -0.1) is 0 Å². The summed E-state index contributed by atoms with van der Waals surface area (Å²) in [6, 6.07) is 11.6.